The van der Waals surface area contributed by atoms with Gasteiger partial charge in [0.25, 0.3) is 0 Å². The summed E-state index contributed by atoms with van der Waals surface area (Å²) in [6.45, 7) is 9.56. The van der Waals surface area contributed by atoms with E-state index in [1.165, 1.54) is 0 Å². The summed E-state index contributed by atoms with van der Waals surface area (Å²) >= 11 is 0. The highest BCUT2D eigenvalue weighted by atomic mass is 16.5. The first-order valence-electron chi connectivity index (χ1n) is 11.8. The van der Waals surface area contributed by atoms with E-state index in [1.54, 1.807) is 0 Å². The minimum atomic E-state index is 0.0963. The summed E-state index contributed by atoms with van der Waals surface area (Å²) in [4.78, 5) is 17.6. The van der Waals surface area contributed by atoms with Gasteiger partial charge in [0.1, 0.15) is 5.69 Å². The number of anilines is 1. The number of benzene rings is 2. The Morgan fingerprint density at radius 3 is 2.58 bits per heavy atom. The quantitative estimate of drug-likeness (QED) is 0.494. The minimum absolute atomic E-state index is 0.0963. The average molecular weight is 448 g/mol. The van der Waals surface area contributed by atoms with E-state index in [0.29, 0.717) is 26.2 Å². The molecule has 1 fully saturated rings. The number of carbonyl (C=O) groups excluding carboxylic acids is 1. The van der Waals surface area contributed by atoms with Crippen molar-refractivity contribution in [2.24, 2.45) is 0 Å². The molecule has 0 bridgehead atoms. The van der Waals surface area contributed by atoms with Crippen LogP contribution in [0.1, 0.15) is 37.0 Å². The Labute approximate surface area is 196 Å². The topological polar surface area (TPSA) is 58.8 Å². The first-order chi connectivity index (χ1) is 16.1. The lowest BCUT2D eigenvalue weighted by Crippen LogP contribution is -2.40. The molecule has 6 heteroatoms. The van der Waals surface area contributed by atoms with Crippen molar-refractivity contribution in [3.05, 3.63) is 71.3 Å². The van der Waals surface area contributed by atoms with Crippen LogP contribution >= 0.6 is 0 Å². The number of ether oxygens (including phenoxy) is 1. The van der Waals surface area contributed by atoms with Crippen LogP contribution in [0.25, 0.3) is 11.3 Å². The second kappa shape index (κ2) is 10.7. The number of aromatic nitrogens is 1. The third-order valence-corrected chi connectivity index (χ3v) is 6.33. The Balaban J connectivity index is 1.70. The van der Waals surface area contributed by atoms with Crippen LogP contribution in [0.2, 0.25) is 0 Å². The molecule has 6 nitrogen and oxygen atoms in total. The highest BCUT2D eigenvalue weighted by molar-refractivity contribution is 5.80. The molecular formula is C27H33N3O3. The summed E-state index contributed by atoms with van der Waals surface area (Å²) in [5, 5.41) is 4.49. The molecule has 1 unspecified atom stereocenters. The van der Waals surface area contributed by atoms with Crippen molar-refractivity contribution in [3.8, 4) is 11.3 Å². The van der Waals surface area contributed by atoms with Crippen molar-refractivity contribution in [3.63, 3.8) is 0 Å². The number of hydrogen-bond donors (Lipinski definition) is 0. The van der Waals surface area contributed by atoms with Gasteiger partial charge in [-0.05, 0) is 31.9 Å². The summed E-state index contributed by atoms with van der Waals surface area (Å²) in [5.74, 6) is 0.857. The molecule has 174 valence electrons. The largest absolute Gasteiger partial charge is 0.378 e. The molecule has 1 aliphatic heterocycles. The van der Waals surface area contributed by atoms with Gasteiger partial charge in [0.05, 0.1) is 31.7 Å². The molecule has 0 spiro atoms. The number of morpholine rings is 1. The second-order valence-electron chi connectivity index (χ2n) is 8.73. The third kappa shape index (κ3) is 5.45. The van der Waals surface area contributed by atoms with E-state index in [0.717, 1.165) is 53.3 Å². The standard InChI is InChI=1S/C27H33N3O3/c1-4-21(3)30(25(31)18-22-10-6-5-7-11-22)19-24-26(23-12-8-9-20(2)17-23)28-33-27(24)29-13-15-32-16-14-29/h5-12,17,21H,4,13-16,18-19H2,1-3H3. The van der Waals surface area contributed by atoms with Crippen LogP contribution in [-0.4, -0.2) is 48.3 Å². The van der Waals surface area contributed by atoms with E-state index in [2.05, 4.69) is 49.0 Å². The zero-order chi connectivity index (χ0) is 23.2. The van der Waals surface area contributed by atoms with E-state index in [-0.39, 0.29) is 11.9 Å². The molecule has 0 N–H and O–H groups in total. The van der Waals surface area contributed by atoms with Crippen LogP contribution in [0.15, 0.2) is 59.1 Å². The molecule has 0 saturated carbocycles. The molecule has 33 heavy (non-hydrogen) atoms. The maximum atomic E-state index is 13.5. The molecule has 2 aromatic carbocycles. The molecule has 4 rings (SSSR count). The van der Waals surface area contributed by atoms with Crippen molar-refractivity contribution in [2.75, 3.05) is 31.2 Å². The van der Waals surface area contributed by atoms with Crippen LogP contribution in [-0.2, 0) is 22.5 Å². The van der Waals surface area contributed by atoms with Gasteiger partial charge >= 0.3 is 0 Å². The van der Waals surface area contributed by atoms with E-state index < -0.39 is 0 Å². The van der Waals surface area contributed by atoms with E-state index in [9.17, 15) is 4.79 Å². The molecule has 2 heterocycles. The Hall–Kier alpha value is -3.12. The molecule has 3 aromatic rings. The SMILES string of the molecule is CCC(C)N(Cc1c(-c2cccc(C)c2)noc1N1CCOCC1)C(=O)Cc1ccccc1. The lowest BCUT2D eigenvalue weighted by atomic mass is 10.0. The average Bonchev–Trinajstić information content (AvgIpc) is 3.27. The van der Waals surface area contributed by atoms with Crippen molar-refractivity contribution in [1.82, 2.24) is 10.1 Å². The normalized spacial score (nSPS) is 14.8. The molecule has 1 aliphatic rings. The zero-order valence-electron chi connectivity index (χ0n) is 19.8. The minimum Gasteiger partial charge on any atom is -0.378 e. The summed E-state index contributed by atoms with van der Waals surface area (Å²) in [6.07, 6.45) is 1.25. The van der Waals surface area contributed by atoms with Crippen molar-refractivity contribution >= 4 is 11.8 Å². The van der Waals surface area contributed by atoms with Gasteiger partial charge in [-0.1, -0.05) is 66.2 Å². The molecule has 0 aliphatic carbocycles. The van der Waals surface area contributed by atoms with Crippen LogP contribution in [0.4, 0.5) is 5.88 Å². The van der Waals surface area contributed by atoms with Crippen LogP contribution < -0.4 is 4.90 Å². The van der Waals surface area contributed by atoms with E-state index in [1.807, 2.05) is 41.3 Å². The van der Waals surface area contributed by atoms with Crippen molar-refractivity contribution < 1.29 is 14.1 Å². The maximum absolute atomic E-state index is 13.5. The predicted octanol–water partition coefficient (Wildman–Crippen LogP) is 4.86. The van der Waals surface area contributed by atoms with Crippen LogP contribution in [0.3, 0.4) is 0 Å². The van der Waals surface area contributed by atoms with Gasteiger partial charge in [-0.25, -0.2) is 0 Å². The lowest BCUT2D eigenvalue weighted by Gasteiger charge is -2.31. The highest BCUT2D eigenvalue weighted by Crippen LogP contribution is 2.34. The number of amides is 1. The van der Waals surface area contributed by atoms with Gasteiger partial charge in [0.2, 0.25) is 11.8 Å². The van der Waals surface area contributed by atoms with Gasteiger partial charge in [-0.3, -0.25) is 4.79 Å². The summed E-state index contributed by atoms with van der Waals surface area (Å²) in [7, 11) is 0. The van der Waals surface area contributed by atoms with Crippen molar-refractivity contribution in [1.29, 1.82) is 0 Å². The van der Waals surface area contributed by atoms with E-state index >= 15 is 0 Å². The summed E-state index contributed by atoms with van der Waals surface area (Å²) < 4.78 is 11.5. The zero-order valence-corrected chi connectivity index (χ0v) is 19.8. The van der Waals surface area contributed by atoms with E-state index in [4.69, 9.17) is 9.26 Å². The number of hydrogen-bond acceptors (Lipinski definition) is 5. The van der Waals surface area contributed by atoms with Gasteiger partial charge in [-0.2, -0.15) is 0 Å². The van der Waals surface area contributed by atoms with Gasteiger partial charge in [0, 0.05) is 24.7 Å². The molecule has 1 aromatic heterocycles. The smallest absolute Gasteiger partial charge is 0.233 e. The number of aryl methyl sites for hydroxylation is 1. The van der Waals surface area contributed by atoms with Crippen molar-refractivity contribution in [2.45, 2.75) is 46.2 Å². The fourth-order valence-electron chi connectivity index (χ4n) is 4.23. The lowest BCUT2D eigenvalue weighted by molar-refractivity contribution is -0.133. The van der Waals surface area contributed by atoms with Gasteiger partial charge < -0.3 is 19.1 Å². The molecule has 0 radical (unpaired) electrons. The molecule has 1 atom stereocenters. The highest BCUT2D eigenvalue weighted by Gasteiger charge is 2.29. The van der Waals surface area contributed by atoms with Crippen LogP contribution in [0.5, 0.6) is 0 Å². The predicted molar refractivity (Wildman–Crippen MR) is 130 cm³/mol. The van der Waals surface area contributed by atoms with Gasteiger partial charge in [0.15, 0.2) is 0 Å². The summed E-state index contributed by atoms with van der Waals surface area (Å²) in [6, 6.07) is 18.3. The Morgan fingerprint density at radius 2 is 1.88 bits per heavy atom. The first-order valence-corrected chi connectivity index (χ1v) is 11.8. The Bertz CT molecular complexity index is 1060. The fourth-order valence-corrected chi connectivity index (χ4v) is 4.23. The Morgan fingerprint density at radius 1 is 1.12 bits per heavy atom. The van der Waals surface area contributed by atoms with Crippen LogP contribution in [0, 0.1) is 6.92 Å². The second-order valence-corrected chi connectivity index (χ2v) is 8.73. The monoisotopic (exact) mass is 447 g/mol. The number of nitrogens with zero attached hydrogens (tertiary/aromatic N) is 3. The first kappa shape index (κ1) is 23.1. The number of carbonyl (C=O) groups is 1. The molecule has 1 saturated heterocycles. The fraction of sp³-hybridized carbons (Fsp3) is 0.407. The molecule has 1 amide bonds. The third-order valence-electron chi connectivity index (χ3n) is 6.33. The molecular weight excluding hydrogens is 414 g/mol. The van der Waals surface area contributed by atoms with Gasteiger partial charge in [-0.15, -0.1) is 0 Å². The Kier molecular flexibility index (Phi) is 7.45. The summed E-state index contributed by atoms with van der Waals surface area (Å²) in [5.41, 5.74) is 4.96. The number of rotatable bonds is 8. The maximum Gasteiger partial charge on any atom is 0.233 e.